The molecule has 0 fully saturated rings. The quantitative estimate of drug-likeness (QED) is 0.615. The SMILES string of the molecule is COc1cc(O)c2sc(-c3cn4nc(C)sc4n3)nc2c1. The number of phenols is 1. The molecule has 1 aromatic carbocycles. The lowest BCUT2D eigenvalue weighted by molar-refractivity contribution is 0.409. The molecular formula is C13H10N4O2S2. The van der Waals surface area contributed by atoms with Crippen LogP contribution in [0.2, 0.25) is 0 Å². The molecule has 0 radical (unpaired) electrons. The van der Waals surface area contributed by atoms with Gasteiger partial charge < -0.3 is 9.84 Å². The molecule has 0 atom stereocenters. The van der Waals surface area contributed by atoms with E-state index < -0.39 is 0 Å². The van der Waals surface area contributed by atoms with Gasteiger partial charge in [0.25, 0.3) is 0 Å². The molecule has 8 heteroatoms. The highest BCUT2D eigenvalue weighted by molar-refractivity contribution is 7.22. The molecule has 3 aromatic heterocycles. The van der Waals surface area contributed by atoms with Gasteiger partial charge in [0, 0.05) is 12.1 Å². The van der Waals surface area contributed by atoms with Gasteiger partial charge in [0.2, 0.25) is 4.96 Å². The first-order valence-corrected chi connectivity index (χ1v) is 7.78. The van der Waals surface area contributed by atoms with Crippen molar-refractivity contribution in [3.63, 3.8) is 0 Å². The van der Waals surface area contributed by atoms with Crippen LogP contribution in [0.4, 0.5) is 0 Å². The van der Waals surface area contributed by atoms with Gasteiger partial charge in [-0.1, -0.05) is 11.3 Å². The summed E-state index contributed by atoms with van der Waals surface area (Å²) in [6.45, 7) is 1.95. The molecular weight excluding hydrogens is 308 g/mol. The van der Waals surface area contributed by atoms with Crippen LogP contribution in [0.25, 0.3) is 25.9 Å². The number of rotatable bonds is 2. The summed E-state index contributed by atoms with van der Waals surface area (Å²) < 4.78 is 7.62. The van der Waals surface area contributed by atoms with Gasteiger partial charge in [-0.3, -0.25) is 0 Å². The van der Waals surface area contributed by atoms with E-state index >= 15 is 0 Å². The highest BCUT2D eigenvalue weighted by atomic mass is 32.1. The summed E-state index contributed by atoms with van der Waals surface area (Å²) in [6.07, 6.45) is 1.85. The smallest absolute Gasteiger partial charge is 0.212 e. The van der Waals surface area contributed by atoms with Crippen LogP contribution in [0.5, 0.6) is 11.5 Å². The fraction of sp³-hybridized carbons (Fsp3) is 0.154. The molecule has 0 amide bonds. The van der Waals surface area contributed by atoms with Crippen LogP contribution in [0.1, 0.15) is 5.01 Å². The minimum absolute atomic E-state index is 0.170. The Morgan fingerprint density at radius 2 is 2.10 bits per heavy atom. The number of phenolic OH excluding ortho intramolecular Hbond substituents is 1. The topological polar surface area (TPSA) is 72.5 Å². The number of fused-ring (bicyclic) bond motifs is 2. The maximum atomic E-state index is 10.0. The van der Waals surface area contributed by atoms with Gasteiger partial charge in [-0.2, -0.15) is 5.10 Å². The Kier molecular flexibility index (Phi) is 2.63. The number of thiazole rings is 1. The van der Waals surface area contributed by atoms with Gasteiger partial charge >= 0.3 is 0 Å². The van der Waals surface area contributed by atoms with Gasteiger partial charge in [0.1, 0.15) is 27.2 Å². The number of nitrogens with zero attached hydrogens (tertiary/aromatic N) is 4. The number of aromatic nitrogens is 4. The monoisotopic (exact) mass is 318 g/mol. The lowest BCUT2D eigenvalue weighted by Gasteiger charge is -1.99. The van der Waals surface area contributed by atoms with Gasteiger partial charge in [-0.25, -0.2) is 14.5 Å². The fourth-order valence-corrected chi connectivity index (χ4v) is 3.76. The second kappa shape index (κ2) is 4.40. The first-order chi connectivity index (χ1) is 10.1. The predicted molar refractivity (Wildman–Crippen MR) is 82.4 cm³/mol. The second-order valence-electron chi connectivity index (χ2n) is 4.49. The molecule has 0 saturated heterocycles. The van der Waals surface area contributed by atoms with Crippen molar-refractivity contribution in [2.75, 3.05) is 7.11 Å². The van der Waals surface area contributed by atoms with E-state index in [0.29, 0.717) is 11.3 Å². The largest absolute Gasteiger partial charge is 0.506 e. The minimum Gasteiger partial charge on any atom is -0.506 e. The van der Waals surface area contributed by atoms with Crippen LogP contribution in [0.3, 0.4) is 0 Å². The second-order valence-corrected chi connectivity index (χ2v) is 6.65. The number of aryl methyl sites for hydroxylation is 1. The molecule has 0 aliphatic carbocycles. The van der Waals surface area contributed by atoms with E-state index in [-0.39, 0.29) is 5.75 Å². The van der Waals surface area contributed by atoms with E-state index in [1.807, 2.05) is 13.1 Å². The van der Waals surface area contributed by atoms with Gasteiger partial charge in [0.05, 0.1) is 23.5 Å². The molecule has 3 heterocycles. The number of aromatic hydroxyl groups is 1. The molecule has 21 heavy (non-hydrogen) atoms. The Morgan fingerprint density at radius 3 is 2.86 bits per heavy atom. The molecule has 0 unspecified atom stereocenters. The molecule has 0 spiro atoms. The van der Waals surface area contributed by atoms with Crippen LogP contribution in [-0.2, 0) is 0 Å². The van der Waals surface area contributed by atoms with Gasteiger partial charge in [-0.05, 0) is 6.92 Å². The lowest BCUT2D eigenvalue weighted by atomic mass is 10.3. The molecule has 4 rings (SSSR count). The van der Waals surface area contributed by atoms with E-state index in [0.717, 1.165) is 25.4 Å². The number of hydrogen-bond donors (Lipinski definition) is 1. The van der Waals surface area contributed by atoms with Crippen molar-refractivity contribution in [1.82, 2.24) is 19.6 Å². The third-order valence-electron chi connectivity index (χ3n) is 3.04. The van der Waals surface area contributed by atoms with E-state index in [9.17, 15) is 5.11 Å². The Hall–Kier alpha value is -2.19. The van der Waals surface area contributed by atoms with Gasteiger partial charge in [-0.15, -0.1) is 11.3 Å². The van der Waals surface area contributed by atoms with E-state index in [4.69, 9.17) is 4.74 Å². The molecule has 106 valence electrons. The van der Waals surface area contributed by atoms with Crippen LogP contribution < -0.4 is 4.74 Å². The maximum Gasteiger partial charge on any atom is 0.212 e. The summed E-state index contributed by atoms with van der Waals surface area (Å²) in [6, 6.07) is 3.39. The average molecular weight is 318 g/mol. The van der Waals surface area contributed by atoms with E-state index in [1.54, 1.807) is 23.8 Å². The van der Waals surface area contributed by atoms with Crippen molar-refractivity contribution in [2.24, 2.45) is 0 Å². The lowest BCUT2D eigenvalue weighted by Crippen LogP contribution is -1.82. The molecule has 1 N–H and O–H groups in total. The molecule has 4 aromatic rings. The summed E-state index contributed by atoms with van der Waals surface area (Å²) in [5, 5.41) is 16.1. The van der Waals surface area contributed by atoms with Crippen molar-refractivity contribution in [2.45, 2.75) is 6.92 Å². The highest BCUT2D eigenvalue weighted by Crippen LogP contribution is 2.37. The third kappa shape index (κ3) is 1.95. The third-order valence-corrected chi connectivity index (χ3v) is 5.00. The fourth-order valence-electron chi connectivity index (χ4n) is 2.12. The predicted octanol–water partition coefficient (Wildman–Crippen LogP) is 3.09. The van der Waals surface area contributed by atoms with E-state index in [2.05, 4.69) is 15.1 Å². The van der Waals surface area contributed by atoms with E-state index in [1.165, 1.54) is 22.7 Å². The number of benzene rings is 1. The van der Waals surface area contributed by atoms with Crippen molar-refractivity contribution in [3.8, 4) is 22.2 Å². The van der Waals surface area contributed by atoms with Crippen LogP contribution in [-0.4, -0.2) is 31.8 Å². The summed E-state index contributed by atoms with van der Waals surface area (Å²) in [7, 11) is 1.56. The molecule has 0 aliphatic rings. The number of hydrogen-bond acceptors (Lipinski definition) is 7. The van der Waals surface area contributed by atoms with Crippen molar-refractivity contribution < 1.29 is 9.84 Å². The first kappa shape index (κ1) is 12.5. The van der Waals surface area contributed by atoms with Crippen molar-refractivity contribution in [1.29, 1.82) is 0 Å². The first-order valence-electron chi connectivity index (χ1n) is 6.15. The molecule has 0 aliphatic heterocycles. The number of ether oxygens (including phenoxy) is 1. The summed E-state index contributed by atoms with van der Waals surface area (Å²) in [5.74, 6) is 0.753. The Labute approximate surface area is 127 Å². The van der Waals surface area contributed by atoms with Gasteiger partial charge in [0.15, 0.2) is 0 Å². The molecule has 0 bridgehead atoms. The van der Waals surface area contributed by atoms with Crippen LogP contribution in [0.15, 0.2) is 18.3 Å². The minimum atomic E-state index is 0.170. The molecule has 6 nitrogen and oxygen atoms in total. The van der Waals surface area contributed by atoms with Crippen molar-refractivity contribution >= 4 is 37.9 Å². The summed E-state index contributed by atoms with van der Waals surface area (Å²) in [4.78, 5) is 9.89. The number of methoxy groups -OCH3 is 1. The number of imidazole rings is 1. The Morgan fingerprint density at radius 1 is 1.24 bits per heavy atom. The summed E-state index contributed by atoms with van der Waals surface area (Å²) >= 11 is 2.94. The zero-order chi connectivity index (χ0) is 14.6. The zero-order valence-electron chi connectivity index (χ0n) is 11.2. The highest BCUT2D eigenvalue weighted by Gasteiger charge is 2.15. The normalized spacial score (nSPS) is 11.5. The van der Waals surface area contributed by atoms with Crippen molar-refractivity contribution in [3.05, 3.63) is 23.3 Å². The summed E-state index contributed by atoms with van der Waals surface area (Å²) in [5.41, 5.74) is 1.46. The maximum absolute atomic E-state index is 10.0. The average Bonchev–Trinajstić information content (AvgIpc) is 3.09. The zero-order valence-corrected chi connectivity index (χ0v) is 12.8. The van der Waals surface area contributed by atoms with Crippen LogP contribution >= 0.6 is 22.7 Å². The Balaban J connectivity index is 1.89. The van der Waals surface area contributed by atoms with Crippen LogP contribution in [0, 0.1) is 6.92 Å². The molecule has 0 saturated carbocycles. The standard InChI is InChI=1S/C13H10N4O2S2/c1-6-16-17-5-9(15-13(17)20-6)12-14-8-3-7(19-2)4-10(18)11(8)21-12/h3-5,18H,1-2H3. The Bertz CT molecular complexity index is 938.